The van der Waals surface area contributed by atoms with Crippen LogP contribution in [0.2, 0.25) is 0 Å². The second-order valence-electron chi connectivity index (χ2n) is 5.00. The Hall–Kier alpha value is -3.36. The summed E-state index contributed by atoms with van der Waals surface area (Å²) in [6, 6.07) is 4.36. The summed E-state index contributed by atoms with van der Waals surface area (Å²) in [5.74, 6) is -1.98. The molecule has 0 radical (unpaired) electrons. The smallest absolute Gasteiger partial charge is 0.387 e. The highest BCUT2D eigenvalue weighted by atomic mass is 19.3. The molecule has 0 unspecified atom stereocenters. The van der Waals surface area contributed by atoms with Crippen LogP contribution in [0.4, 0.5) is 14.5 Å². The van der Waals surface area contributed by atoms with E-state index in [9.17, 15) is 18.4 Å². The molecule has 0 atom stereocenters. The van der Waals surface area contributed by atoms with Crippen molar-refractivity contribution in [1.82, 2.24) is 0 Å². The summed E-state index contributed by atoms with van der Waals surface area (Å²) in [4.78, 5) is 25.7. The maximum absolute atomic E-state index is 12.9. The molecule has 1 heterocycles. The molecule has 27 heavy (non-hydrogen) atoms. The molecular formula is C18H17F2NO6. The molecule has 0 N–H and O–H groups in total. The molecule has 144 valence electrons. The van der Waals surface area contributed by atoms with Crippen LogP contribution < -0.4 is 14.4 Å². The van der Waals surface area contributed by atoms with Crippen molar-refractivity contribution in [2.75, 3.05) is 26.2 Å². The van der Waals surface area contributed by atoms with Crippen molar-refractivity contribution >= 4 is 17.6 Å². The van der Waals surface area contributed by atoms with Crippen molar-refractivity contribution < 1.29 is 37.3 Å². The van der Waals surface area contributed by atoms with Crippen molar-refractivity contribution in [3.8, 4) is 11.5 Å². The van der Waals surface area contributed by atoms with Gasteiger partial charge in [0.1, 0.15) is 5.70 Å². The van der Waals surface area contributed by atoms with Gasteiger partial charge in [0.05, 0.1) is 32.6 Å². The zero-order valence-electron chi connectivity index (χ0n) is 14.8. The Morgan fingerprint density at radius 2 is 1.74 bits per heavy atom. The Labute approximate surface area is 154 Å². The number of carbonyl (C=O) groups is 2. The molecule has 9 heteroatoms. The van der Waals surface area contributed by atoms with Crippen LogP contribution in [-0.2, 0) is 19.1 Å². The molecule has 1 aliphatic rings. The summed E-state index contributed by atoms with van der Waals surface area (Å²) < 4.78 is 45.0. The molecule has 0 aromatic heterocycles. The minimum atomic E-state index is -3.14. The maximum atomic E-state index is 12.9. The molecule has 1 aromatic rings. The average molecular weight is 381 g/mol. The maximum Gasteiger partial charge on any atom is 0.387 e. The largest absolute Gasteiger partial charge is 0.493 e. The summed E-state index contributed by atoms with van der Waals surface area (Å²) in [5, 5.41) is 0. The lowest BCUT2D eigenvalue weighted by Crippen LogP contribution is -2.27. The molecule has 0 amide bonds. The number of carbonyl (C=O) groups excluding carboxylic acids is 2. The third-order valence-corrected chi connectivity index (χ3v) is 3.53. The Balaban J connectivity index is 2.74. The summed E-state index contributed by atoms with van der Waals surface area (Å²) in [7, 11) is 3.56. The molecule has 0 fully saturated rings. The molecule has 0 spiro atoms. The van der Waals surface area contributed by atoms with Gasteiger partial charge in [-0.3, -0.25) is 0 Å². The SMILES string of the molecule is COC(=O)C1=C(C(=O)OC)N(c2cccc(OC)c2OC(F)F)C=CC=C1. The van der Waals surface area contributed by atoms with Crippen LogP contribution in [0.25, 0.3) is 0 Å². The molecular weight excluding hydrogens is 364 g/mol. The molecule has 0 aliphatic carbocycles. The molecule has 0 saturated carbocycles. The van der Waals surface area contributed by atoms with Gasteiger partial charge in [0.25, 0.3) is 0 Å². The van der Waals surface area contributed by atoms with E-state index in [2.05, 4.69) is 4.74 Å². The average Bonchev–Trinajstić information content (AvgIpc) is 2.89. The van der Waals surface area contributed by atoms with Gasteiger partial charge in [-0.2, -0.15) is 8.78 Å². The molecule has 2 rings (SSSR count). The second-order valence-corrected chi connectivity index (χ2v) is 5.00. The van der Waals surface area contributed by atoms with E-state index in [1.54, 1.807) is 0 Å². The highest BCUT2D eigenvalue weighted by Crippen LogP contribution is 2.41. The first-order valence-corrected chi connectivity index (χ1v) is 7.61. The predicted octanol–water partition coefficient (Wildman–Crippen LogP) is 2.79. The van der Waals surface area contributed by atoms with Gasteiger partial charge in [0, 0.05) is 6.20 Å². The van der Waals surface area contributed by atoms with E-state index in [0.29, 0.717) is 0 Å². The summed E-state index contributed by atoms with van der Waals surface area (Å²) in [6.07, 6.45) is 5.74. The van der Waals surface area contributed by atoms with E-state index in [0.717, 1.165) is 14.2 Å². The standard InChI is InChI=1S/C18H17F2NO6/c1-24-13-9-6-8-12(15(13)27-18(19)20)21-10-5-4-7-11(16(22)25-2)14(21)17(23)26-3/h4-10,18H,1-3H3. The number of allylic oxidation sites excluding steroid dienone is 2. The minimum absolute atomic E-state index is 0.0160. The van der Waals surface area contributed by atoms with Crippen LogP contribution in [0.15, 0.2) is 53.9 Å². The second kappa shape index (κ2) is 8.84. The van der Waals surface area contributed by atoms with Crippen LogP contribution in [-0.4, -0.2) is 39.9 Å². The number of ether oxygens (including phenoxy) is 4. The highest BCUT2D eigenvalue weighted by molar-refractivity contribution is 6.05. The third-order valence-electron chi connectivity index (χ3n) is 3.53. The van der Waals surface area contributed by atoms with Crippen molar-refractivity contribution in [3.63, 3.8) is 0 Å². The number of benzene rings is 1. The first kappa shape index (κ1) is 20.0. The van der Waals surface area contributed by atoms with Gasteiger partial charge in [-0.1, -0.05) is 12.1 Å². The first-order chi connectivity index (χ1) is 12.9. The van der Waals surface area contributed by atoms with E-state index >= 15 is 0 Å². The van der Waals surface area contributed by atoms with E-state index < -0.39 is 18.6 Å². The van der Waals surface area contributed by atoms with E-state index in [1.165, 1.54) is 54.6 Å². The topological polar surface area (TPSA) is 74.3 Å². The Kier molecular flexibility index (Phi) is 6.53. The molecule has 0 saturated heterocycles. The highest BCUT2D eigenvalue weighted by Gasteiger charge is 2.30. The van der Waals surface area contributed by atoms with Crippen LogP contribution in [0.5, 0.6) is 11.5 Å². The fraction of sp³-hybridized carbons (Fsp3) is 0.222. The Morgan fingerprint density at radius 3 is 2.33 bits per heavy atom. The van der Waals surface area contributed by atoms with E-state index in [4.69, 9.17) is 14.2 Å². The number of halogens is 2. The van der Waals surface area contributed by atoms with Gasteiger partial charge in [0.2, 0.25) is 0 Å². The number of rotatable bonds is 6. The van der Waals surface area contributed by atoms with Gasteiger partial charge in [0.15, 0.2) is 11.5 Å². The summed E-state index contributed by atoms with van der Waals surface area (Å²) in [6.45, 7) is -3.14. The number of esters is 2. The number of para-hydroxylation sites is 1. The summed E-state index contributed by atoms with van der Waals surface area (Å²) >= 11 is 0. The molecule has 0 bridgehead atoms. The zero-order chi connectivity index (χ0) is 20.0. The third kappa shape index (κ3) is 4.25. The lowest BCUT2D eigenvalue weighted by molar-refractivity contribution is -0.139. The minimum Gasteiger partial charge on any atom is -0.493 e. The van der Waals surface area contributed by atoms with Crippen LogP contribution in [0.3, 0.4) is 0 Å². The van der Waals surface area contributed by atoms with Gasteiger partial charge < -0.3 is 23.8 Å². The fourth-order valence-electron chi connectivity index (χ4n) is 2.41. The van der Waals surface area contributed by atoms with Crippen molar-refractivity contribution in [2.24, 2.45) is 0 Å². The number of methoxy groups -OCH3 is 3. The van der Waals surface area contributed by atoms with Crippen molar-refractivity contribution in [3.05, 3.63) is 53.9 Å². The van der Waals surface area contributed by atoms with Gasteiger partial charge in [-0.05, 0) is 24.3 Å². The van der Waals surface area contributed by atoms with Gasteiger partial charge in [-0.25, -0.2) is 9.59 Å². The number of hydrogen-bond acceptors (Lipinski definition) is 7. The lowest BCUT2D eigenvalue weighted by Gasteiger charge is -2.25. The molecule has 1 aromatic carbocycles. The van der Waals surface area contributed by atoms with Crippen LogP contribution >= 0.6 is 0 Å². The molecule has 7 nitrogen and oxygen atoms in total. The van der Waals surface area contributed by atoms with Crippen LogP contribution in [0.1, 0.15) is 0 Å². The zero-order valence-corrected chi connectivity index (χ0v) is 14.8. The van der Waals surface area contributed by atoms with Crippen molar-refractivity contribution in [1.29, 1.82) is 0 Å². The van der Waals surface area contributed by atoms with Crippen LogP contribution in [0, 0.1) is 0 Å². The fourth-order valence-corrected chi connectivity index (χ4v) is 2.41. The predicted molar refractivity (Wildman–Crippen MR) is 91.4 cm³/mol. The lowest BCUT2D eigenvalue weighted by atomic mass is 10.1. The number of alkyl halides is 2. The van der Waals surface area contributed by atoms with E-state index in [-0.39, 0.29) is 28.5 Å². The Bertz CT molecular complexity index is 816. The van der Waals surface area contributed by atoms with E-state index in [1.807, 2.05) is 0 Å². The number of nitrogens with zero attached hydrogens (tertiary/aromatic N) is 1. The quantitative estimate of drug-likeness (QED) is 0.702. The molecule has 1 aliphatic heterocycles. The van der Waals surface area contributed by atoms with Gasteiger partial charge in [-0.15, -0.1) is 0 Å². The van der Waals surface area contributed by atoms with Gasteiger partial charge >= 0.3 is 18.6 Å². The number of anilines is 1. The van der Waals surface area contributed by atoms with Crippen molar-refractivity contribution in [2.45, 2.75) is 6.61 Å². The Morgan fingerprint density at radius 1 is 1.04 bits per heavy atom. The monoisotopic (exact) mass is 381 g/mol. The number of hydrogen-bond donors (Lipinski definition) is 0. The normalized spacial score (nSPS) is 13.5. The summed E-state index contributed by atoms with van der Waals surface area (Å²) in [5.41, 5.74) is -0.321. The first-order valence-electron chi connectivity index (χ1n) is 7.61.